The normalized spacial score (nSPS) is 20.7. The molecule has 0 atom stereocenters. The summed E-state index contributed by atoms with van der Waals surface area (Å²) in [5, 5.41) is 13.0. The number of benzene rings is 1. The van der Waals surface area contributed by atoms with Crippen LogP contribution in [0.25, 0.3) is 0 Å². The number of carbonyl (C=O) groups excluding carboxylic acids is 1. The quantitative estimate of drug-likeness (QED) is 0.748. The largest absolute Gasteiger partial charge is 0.393 e. The second-order valence-electron chi connectivity index (χ2n) is 6.67. The first-order valence-corrected chi connectivity index (χ1v) is 8.33. The van der Waals surface area contributed by atoms with Gasteiger partial charge in [0.2, 0.25) is 0 Å². The molecule has 0 unspecified atom stereocenters. The van der Waals surface area contributed by atoms with Crippen LogP contribution in [0.2, 0.25) is 0 Å². The van der Waals surface area contributed by atoms with Gasteiger partial charge >= 0.3 is 0 Å². The molecule has 1 saturated carbocycles. The van der Waals surface area contributed by atoms with Gasteiger partial charge < -0.3 is 16.2 Å². The maximum atomic E-state index is 11.7. The molecule has 0 aromatic heterocycles. The van der Waals surface area contributed by atoms with Gasteiger partial charge in [0.1, 0.15) is 0 Å². The SMILES string of the molecule is CC(C)CC#Cc1ccc(NC2CCC(O)CC2)c(C(N)=O)c1. The van der Waals surface area contributed by atoms with Crippen LogP contribution in [-0.4, -0.2) is 23.2 Å². The molecule has 1 amide bonds. The lowest BCUT2D eigenvalue weighted by Gasteiger charge is -2.27. The van der Waals surface area contributed by atoms with Crippen LogP contribution in [0.3, 0.4) is 0 Å². The van der Waals surface area contributed by atoms with Gasteiger partial charge in [0.25, 0.3) is 5.91 Å². The van der Waals surface area contributed by atoms with Crippen LogP contribution < -0.4 is 11.1 Å². The van der Waals surface area contributed by atoms with Crippen molar-refractivity contribution in [2.45, 2.75) is 58.1 Å². The molecule has 4 nitrogen and oxygen atoms in total. The predicted octanol–water partition coefficient (Wildman–Crippen LogP) is 2.90. The number of nitrogens with two attached hydrogens (primary N) is 1. The Balaban J connectivity index is 2.13. The van der Waals surface area contributed by atoms with Gasteiger partial charge in [-0.1, -0.05) is 25.7 Å². The number of nitrogens with one attached hydrogen (secondary N) is 1. The van der Waals surface area contributed by atoms with Gasteiger partial charge in [0.15, 0.2) is 0 Å². The van der Waals surface area contributed by atoms with Crippen molar-refractivity contribution < 1.29 is 9.90 Å². The molecule has 124 valence electrons. The zero-order valence-corrected chi connectivity index (χ0v) is 13.9. The van der Waals surface area contributed by atoms with Crippen molar-refractivity contribution in [3.8, 4) is 11.8 Å². The number of carbonyl (C=O) groups is 1. The first kappa shape index (κ1) is 17.4. The Kier molecular flexibility index (Phi) is 6.06. The molecule has 0 radical (unpaired) electrons. The van der Waals surface area contributed by atoms with Crippen LogP contribution in [0.5, 0.6) is 0 Å². The molecule has 0 heterocycles. The Bertz CT molecular complexity index is 606. The van der Waals surface area contributed by atoms with E-state index in [1.165, 1.54) is 0 Å². The van der Waals surface area contributed by atoms with Gasteiger partial charge in [0, 0.05) is 23.7 Å². The third kappa shape index (κ3) is 5.30. The summed E-state index contributed by atoms with van der Waals surface area (Å²) in [5.74, 6) is 6.29. The number of amides is 1. The summed E-state index contributed by atoms with van der Waals surface area (Å²) >= 11 is 0. The smallest absolute Gasteiger partial charge is 0.250 e. The summed E-state index contributed by atoms with van der Waals surface area (Å²) in [5.41, 5.74) is 7.57. The van der Waals surface area contributed by atoms with E-state index in [9.17, 15) is 9.90 Å². The fourth-order valence-electron chi connectivity index (χ4n) is 2.75. The molecule has 1 aliphatic carbocycles. The molecule has 4 N–H and O–H groups in total. The summed E-state index contributed by atoms with van der Waals surface area (Å²) in [6.45, 7) is 4.25. The van der Waals surface area contributed by atoms with Crippen LogP contribution in [-0.2, 0) is 0 Å². The lowest BCUT2D eigenvalue weighted by Crippen LogP contribution is -2.29. The molecule has 0 saturated heterocycles. The molecule has 1 aliphatic rings. The van der Waals surface area contributed by atoms with E-state index < -0.39 is 5.91 Å². The van der Waals surface area contributed by atoms with E-state index >= 15 is 0 Å². The van der Waals surface area contributed by atoms with Crippen molar-refractivity contribution in [2.75, 3.05) is 5.32 Å². The maximum absolute atomic E-state index is 11.7. The minimum Gasteiger partial charge on any atom is -0.393 e. The number of hydrogen-bond acceptors (Lipinski definition) is 3. The van der Waals surface area contributed by atoms with Crippen LogP contribution in [0.4, 0.5) is 5.69 Å². The second kappa shape index (κ2) is 8.03. The number of hydrogen-bond donors (Lipinski definition) is 3. The highest BCUT2D eigenvalue weighted by Crippen LogP contribution is 2.24. The summed E-state index contributed by atoms with van der Waals surface area (Å²) in [6.07, 6.45) is 4.02. The highest BCUT2D eigenvalue weighted by molar-refractivity contribution is 5.99. The second-order valence-corrected chi connectivity index (χ2v) is 6.67. The van der Waals surface area contributed by atoms with Crippen LogP contribution >= 0.6 is 0 Å². The molecule has 1 fully saturated rings. The third-order valence-corrected chi connectivity index (χ3v) is 4.08. The molecule has 2 rings (SSSR count). The van der Waals surface area contributed by atoms with Crippen molar-refractivity contribution in [1.29, 1.82) is 0 Å². The van der Waals surface area contributed by atoms with E-state index in [0.717, 1.165) is 43.4 Å². The van der Waals surface area contributed by atoms with Gasteiger partial charge in [-0.15, -0.1) is 0 Å². The Morgan fingerprint density at radius 2 is 2.04 bits per heavy atom. The molecular formula is C19H26N2O2. The molecular weight excluding hydrogens is 288 g/mol. The van der Waals surface area contributed by atoms with Crippen molar-refractivity contribution in [3.63, 3.8) is 0 Å². The van der Waals surface area contributed by atoms with Gasteiger partial charge in [0.05, 0.1) is 11.7 Å². The molecule has 0 spiro atoms. The maximum Gasteiger partial charge on any atom is 0.250 e. The minimum atomic E-state index is -0.448. The van der Waals surface area contributed by atoms with E-state index in [2.05, 4.69) is 31.0 Å². The topological polar surface area (TPSA) is 75.3 Å². The van der Waals surface area contributed by atoms with Crippen LogP contribution in [0.15, 0.2) is 18.2 Å². The molecule has 23 heavy (non-hydrogen) atoms. The zero-order chi connectivity index (χ0) is 16.8. The molecule has 4 heteroatoms. The fraction of sp³-hybridized carbons (Fsp3) is 0.526. The van der Waals surface area contributed by atoms with Crippen molar-refractivity contribution in [1.82, 2.24) is 0 Å². The average Bonchev–Trinajstić information content (AvgIpc) is 2.50. The van der Waals surface area contributed by atoms with E-state index in [4.69, 9.17) is 5.73 Å². The monoisotopic (exact) mass is 314 g/mol. The molecule has 0 bridgehead atoms. The van der Waals surface area contributed by atoms with Crippen LogP contribution in [0.1, 0.15) is 61.9 Å². The number of rotatable bonds is 4. The first-order valence-electron chi connectivity index (χ1n) is 8.33. The van der Waals surface area contributed by atoms with E-state index in [1.807, 2.05) is 12.1 Å². The molecule has 1 aromatic carbocycles. The number of anilines is 1. The van der Waals surface area contributed by atoms with Gasteiger partial charge in [-0.3, -0.25) is 4.79 Å². The highest BCUT2D eigenvalue weighted by Gasteiger charge is 2.20. The summed E-state index contributed by atoms with van der Waals surface area (Å²) in [4.78, 5) is 11.7. The number of aliphatic hydroxyl groups is 1. The zero-order valence-electron chi connectivity index (χ0n) is 13.9. The van der Waals surface area contributed by atoms with Crippen molar-refractivity contribution in [2.24, 2.45) is 11.7 Å². The van der Waals surface area contributed by atoms with E-state index in [1.54, 1.807) is 6.07 Å². The predicted molar refractivity (Wildman–Crippen MR) is 93.2 cm³/mol. The average molecular weight is 314 g/mol. The van der Waals surface area contributed by atoms with Crippen molar-refractivity contribution in [3.05, 3.63) is 29.3 Å². The molecule has 0 aliphatic heterocycles. The minimum absolute atomic E-state index is 0.192. The third-order valence-electron chi connectivity index (χ3n) is 4.08. The summed E-state index contributed by atoms with van der Waals surface area (Å²) in [7, 11) is 0. The lowest BCUT2D eigenvalue weighted by molar-refractivity contribution is 0.100. The van der Waals surface area contributed by atoms with Crippen molar-refractivity contribution >= 4 is 11.6 Å². The van der Waals surface area contributed by atoms with Gasteiger partial charge in [-0.2, -0.15) is 0 Å². The Labute approximate surface area is 138 Å². The van der Waals surface area contributed by atoms with E-state index in [-0.39, 0.29) is 12.1 Å². The first-order chi connectivity index (χ1) is 11.0. The van der Waals surface area contributed by atoms with Gasteiger partial charge in [-0.05, 0) is 49.8 Å². The number of primary amides is 1. The fourth-order valence-corrected chi connectivity index (χ4v) is 2.75. The highest BCUT2D eigenvalue weighted by atomic mass is 16.3. The summed E-state index contributed by atoms with van der Waals surface area (Å²) < 4.78 is 0. The van der Waals surface area contributed by atoms with Gasteiger partial charge in [-0.25, -0.2) is 0 Å². The standard InChI is InChI=1S/C19H26N2O2/c1-13(2)4-3-5-14-6-11-18(17(12-14)19(20)23)21-15-7-9-16(22)10-8-15/h6,11-13,15-16,21-22H,4,7-10H2,1-2H3,(H2,20,23). The lowest BCUT2D eigenvalue weighted by atomic mass is 9.92. The Morgan fingerprint density at radius 1 is 1.35 bits per heavy atom. The molecule has 1 aromatic rings. The Morgan fingerprint density at radius 3 is 2.65 bits per heavy atom. The summed E-state index contributed by atoms with van der Waals surface area (Å²) in [6, 6.07) is 5.83. The van der Waals surface area contributed by atoms with E-state index in [0.29, 0.717) is 11.5 Å². The van der Waals surface area contributed by atoms with Crippen LogP contribution in [0, 0.1) is 17.8 Å². The number of aliphatic hydroxyl groups excluding tert-OH is 1. The Hall–Kier alpha value is -1.99.